The van der Waals surface area contributed by atoms with Gasteiger partial charge in [0.05, 0.1) is 13.2 Å². The monoisotopic (exact) mass is 224 g/mol. The van der Waals surface area contributed by atoms with Gasteiger partial charge in [-0.3, -0.25) is 0 Å². The van der Waals surface area contributed by atoms with E-state index in [1.807, 2.05) is 12.1 Å². The van der Waals surface area contributed by atoms with Crippen molar-refractivity contribution >= 4 is 0 Å². The second kappa shape index (κ2) is 6.51. The maximum atomic E-state index is 9.66. The van der Waals surface area contributed by atoms with Crippen LogP contribution in [0.3, 0.4) is 0 Å². The molecule has 0 radical (unpaired) electrons. The molecule has 0 heterocycles. The molecule has 0 amide bonds. The van der Waals surface area contributed by atoms with Crippen LogP contribution in [0.1, 0.15) is 42.9 Å². The first kappa shape index (κ1) is 13.0. The summed E-state index contributed by atoms with van der Waals surface area (Å²) in [6.45, 7) is 1.76. The summed E-state index contributed by atoms with van der Waals surface area (Å²) in [5.41, 5.74) is 2.07. The van der Waals surface area contributed by atoms with Gasteiger partial charge in [0.15, 0.2) is 0 Å². The van der Waals surface area contributed by atoms with E-state index in [0.717, 1.165) is 24.8 Å². The van der Waals surface area contributed by atoms with E-state index in [1.165, 1.54) is 6.42 Å². The molecule has 0 fully saturated rings. The zero-order valence-electron chi connectivity index (χ0n) is 9.74. The first-order valence-electron chi connectivity index (χ1n) is 5.78. The number of aromatic hydroxyl groups is 1. The van der Waals surface area contributed by atoms with Gasteiger partial charge >= 0.3 is 0 Å². The van der Waals surface area contributed by atoms with Crippen LogP contribution in [0.25, 0.3) is 0 Å². The van der Waals surface area contributed by atoms with Gasteiger partial charge in [-0.1, -0.05) is 19.8 Å². The van der Waals surface area contributed by atoms with Gasteiger partial charge in [-0.15, -0.1) is 0 Å². The highest BCUT2D eigenvalue weighted by Crippen LogP contribution is 2.25. The number of phenols is 1. The first-order chi connectivity index (χ1) is 7.72. The number of hydrogen-bond donors (Lipinski definition) is 3. The Morgan fingerprint density at radius 2 is 1.56 bits per heavy atom. The Morgan fingerprint density at radius 3 is 2.00 bits per heavy atom. The van der Waals surface area contributed by atoms with Gasteiger partial charge in [-0.2, -0.15) is 0 Å². The highest BCUT2D eigenvalue weighted by atomic mass is 16.3. The van der Waals surface area contributed by atoms with E-state index in [9.17, 15) is 5.11 Å². The van der Waals surface area contributed by atoms with Crippen molar-refractivity contribution in [1.29, 1.82) is 0 Å². The van der Waals surface area contributed by atoms with Crippen LogP contribution in [0.4, 0.5) is 0 Å². The van der Waals surface area contributed by atoms with E-state index in [4.69, 9.17) is 10.2 Å². The molecule has 3 N–H and O–H groups in total. The van der Waals surface area contributed by atoms with E-state index in [0.29, 0.717) is 11.1 Å². The smallest absolute Gasteiger partial charge is 0.126 e. The second-order valence-corrected chi connectivity index (χ2v) is 4.04. The van der Waals surface area contributed by atoms with E-state index < -0.39 is 0 Å². The third-order valence-corrected chi connectivity index (χ3v) is 2.74. The number of rotatable bonds is 6. The van der Waals surface area contributed by atoms with Crippen LogP contribution in [0, 0.1) is 0 Å². The Labute approximate surface area is 96.4 Å². The Morgan fingerprint density at radius 1 is 1.00 bits per heavy atom. The zero-order valence-corrected chi connectivity index (χ0v) is 9.74. The molecule has 0 saturated carbocycles. The number of aliphatic hydroxyl groups excluding tert-OH is 2. The SMILES string of the molecule is CCCCCc1cc(CO)c(O)c(CO)c1. The predicted octanol–water partition coefficient (Wildman–Crippen LogP) is 2.11. The molecule has 0 spiro atoms. The van der Waals surface area contributed by atoms with Gasteiger partial charge in [0.1, 0.15) is 5.75 Å². The first-order valence-corrected chi connectivity index (χ1v) is 5.78. The fourth-order valence-corrected chi connectivity index (χ4v) is 1.80. The van der Waals surface area contributed by atoms with E-state index in [2.05, 4.69) is 6.92 Å². The Hall–Kier alpha value is -1.06. The molecular weight excluding hydrogens is 204 g/mol. The summed E-state index contributed by atoms with van der Waals surface area (Å²) in [5.74, 6) is 0.0178. The van der Waals surface area contributed by atoms with Gasteiger partial charge in [-0.25, -0.2) is 0 Å². The maximum absolute atomic E-state index is 9.66. The second-order valence-electron chi connectivity index (χ2n) is 4.04. The number of aryl methyl sites for hydroxylation is 1. The minimum absolute atomic E-state index is 0.0178. The van der Waals surface area contributed by atoms with Crippen molar-refractivity contribution in [3.05, 3.63) is 28.8 Å². The lowest BCUT2D eigenvalue weighted by Gasteiger charge is -2.10. The third kappa shape index (κ3) is 3.22. The number of hydrogen-bond acceptors (Lipinski definition) is 3. The lowest BCUT2D eigenvalue weighted by molar-refractivity contribution is 0.263. The molecular formula is C13H20O3. The van der Waals surface area contributed by atoms with Crippen LogP contribution < -0.4 is 0 Å². The summed E-state index contributed by atoms with van der Waals surface area (Å²) in [7, 11) is 0. The highest BCUT2D eigenvalue weighted by Gasteiger charge is 2.08. The quantitative estimate of drug-likeness (QED) is 0.648. The van der Waals surface area contributed by atoms with Crippen molar-refractivity contribution in [2.45, 2.75) is 45.8 Å². The van der Waals surface area contributed by atoms with Gasteiger partial charge in [0.25, 0.3) is 0 Å². The van der Waals surface area contributed by atoms with Gasteiger partial charge in [-0.05, 0) is 30.5 Å². The summed E-state index contributed by atoms with van der Waals surface area (Å²) < 4.78 is 0. The summed E-state index contributed by atoms with van der Waals surface area (Å²) in [6, 6.07) is 3.62. The number of aliphatic hydroxyl groups is 2. The van der Waals surface area contributed by atoms with E-state index >= 15 is 0 Å². The minimum Gasteiger partial charge on any atom is -0.507 e. The molecule has 1 aromatic rings. The summed E-state index contributed by atoms with van der Waals surface area (Å²) in [4.78, 5) is 0. The fraction of sp³-hybridized carbons (Fsp3) is 0.538. The summed E-state index contributed by atoms with van der Waals surface area (Å²) >= 11 is 0. The van der Waals surface area contributed by atoms with Crippen molar-refractivity contribution < 1.29 is 15.3 Å². The van der Waals surface area contributed by atoms with Gasteiger partial charge in [0.2, 0.25) is 0 Å². The minimum atomic E-state index is -0.194. The fourth-order valence-electron chi connectivity index (χ4n) is 1.80. The summed E-state index contributed by atoms with van der Waals surface area (Å²) in [6.07, 6.45) is 4.35. The van der Waals surface area contributed by atoms with Crippen LogP contribution in [0.2, 0.25) is 0 Å². The molecule has 90 valence electrons. The molecule has 1 rings (SSSR count). The van der Waals surface area contributed by atoms with Gasteiger partial charge in [0, 0.05) is 11.1 Å². The van der Waals surface area contributed by atoms with Crippen LogP contribution in [-0.4, -0.2) is 15.3 Å². The predicted molar refractivity (Wildman–Crippen MR) is 63.2 cm³/mol. The molecule has 16 heavy (non-hydrogen) atoms. The molecule has 0 aromatic heterocycles. The average molecular weight is 224 g/mol. The Kier molecular flexibility index (Phi) is 5.29. The average Bonchev–Trinajstić information content (AvgIpc) is 2.31. The maximum Gasteiger partial charge on any atom is 0.126 e. The standard InChI is InChI=1S/C13H20O3/c1-2-3-4-5-10-6-11(8-14)13(16)12(7-10)9-15/h6-7,14-16H,2-5,8-9H2,1H3. The van der Waals surface area contributed by atoms with Crippen molar-refractivity contribution in [3.63, 3.8) is 0 Å². The molecule has 0 aliphatic heterocycles. The van der Waals surface area contributed by atoms with Crippen molar-refractivity contribution in [2.24, 2.45) is 0 Å². The van der Waals surface area contributed by atoms with Crippen LogP contribution in [-0.2, 0) is 19.6 Å². The normalized spacial score (nSPS) is 10.7. The lowest BCUT2D eigenvalue weighted by Crippen LogP contribution is -1.96. The van der Waals surface area contributed by atoms with Crippen LogP contribution >= 0.6 is 0 Å². The molecule has 0 atom stereocenters. The van der Waals surface area contributed by atoms with Crippen molar-refractivity contribution in [2.75, 3.05) is 0 Å². The molecule has 0 aliphatic rings. The molecule has 0 saturated heterocycles. The molecule has 0 bridgehead atoms. The Bertz CT molecular complexity index is 309. The molecule has 0 unspecified atom stereocenters. The van der Waals surface area contributed by atoms with E-state index in [1.54, 1.807) is 0 Å². The molecule has 1 aromatic carbocycles. The molecule has 0 aliphatic carbocycles. The van der Waals surface area contributed by atoms with Crippen LogP contribution in [0.5, 0.6) is 5.75 Å². The Balaban J connectivity index is 2.84. The lowest BCUT2D eigenvalue weighted by atomic mass is 10.0. The number of unbranched alkanes of at least 4 members (excludes halogenated alkanes) is 2. The third-order valence-electron chi connectivity index (χ3n) is 2.74. The topological polar surface area (TPSA) is 60.7 Å². The van der Waals surface area contributed by atoms with Crippen molar-refractivity contribution in [1.82, 2.24) is 0 Å². The largest absolute Gasteiger partial charge is 0.507 e. The van der Waals surface area contributed by atoms with Crippen LogP contribution in [0.15, 0.2) is 12.1 Å². The number of benzene rings is 1. The molecule has 3 nitrogen and oxygen atoms in total. The van der Waals surface area contributed by atoms with Crippen molar-refractivity contribution in [3.8, 4) is 5.75 Å². The molecule has 3 heteroatoms. The van der Waals surface area contributed by atoms with E-state index in [-0.39, 0.29) is 19.0 Å². The van der Waals surface area contributed by atoms with Gasteiger partial charge < -0.3 is 15.3 Å². The summed E-state index contributed by atoms with van der Waals surface area (Å²) in [5, 5.41) is 27.9. The highest BCUT2D eigenvalue weighted by molar-refractivity contribution is 5.43. The zero-order chi connectivity index (χ0) is 12.0.